The van der Waals surface area contributed by atoms with Gasteiger partial charge in [-0.3, -0.25) is 4.79 Å². The molecule has 0 saturated carbocycles. The standard InChI is InChI=1S/C26H27Cl3N2O3/c1-16(2)9-26(32)31-21-6-4-5-20(12-21)30-14-18-10-24(33-3)25(13-23(18)29)34-15-17-7-8-19(27)11-22(17)28/h4-8,10-13,16,30H,9,14-15H2,1-3H3,(H,31,32). The predicted octanol–water partition coefficient (Wildman–Crippen LogP) is 7.83. The van der Waals surface area contributed by atoms with E-state index in [0.717, 1.165) is 22.5 Å². The van der Waals surface area contributed by atoms with E-state index in [4.69, 9.17) is 44.3 Å². The second kappa shape index (κ2) is 12.2. The molecule has 0 aliphatic rings. The van der Waals surface area contributed by atoms with Crippen molar-refractivity contribution in [1.82, 2.24) is 0 Å². The Hall–Kier alpha value is -2.60. The summed E-state index contributed by atoms with van der Waals surface area (Å²) in [7, 11) is 1.58. The first-order valence-corrected chi connectivity index (χ1v) is 12.0. The van der Waals surface area contributed by atoms with Crippen LogP contribution in [0.3, 0.4) is 0 Å². The van der Waals surface area contributed by atoms with E-state index in [1.807, 2.05) is 50.2 Å². The maximum atomic E-state index is 12.1. The van der Waals surface area contributed by atoms with Gasteiger partial charge in [0.05, 0.1) is 7.11 Å². The number of hydrogen-bond acceptors (Lipinski definition) is 4. The molecule has 0 aliphatic carbocycles. The minimum Gasteiger partial charge on any atom is -0.493 e. The third-order valence-corrected chi connectivity index (χ3v) is 5.89. The van der Waals surface area contributed by atoms with Gasteiger partial charge in [0.2, 0.25) is 5.91 Å². The number of anilines is 2. The summed E-state index contributed by atoms with van der Waals surface area (Å²) in [6.45, 7) is 4.73. The van der Waals surface area contributed by atoms with Gasteiger partial charge in [0, 0.05) is 51.0 Å². The Morgan fingerprint density at radius 3 is 2.35 bits per heavy atom. The van der Waals surface area contributed by atoms with Crippen LogP contribution in [-0.2, 0) is 17.9 Å². The molecular weight excluding hydrogens is 495 g/mol. The van der Waals surface area contributed by atoms with E-state index in [1.54, 1.807) is 25.3 Å². The fourth-order valence-corrected chi connectivity index (χ4v) is 3.95. The second-order valence-corrected chi connectivity index (χ2v) is 9.45. The van der Waals surface area contributed by atoms with E-state index >= 15 is 0 Å². The fourth-order valence-electron chi connectivity index (χ4n) is 3.27. The molecule has 180 valence electrons. The molecular formula is C26H27Cl3N2O3. The van der Waals surface area contributed by atoms with E-state index in [0.29, 0.717) is 45.5 Å². The molecule has 8 heteroatoms. The molecule has 1 amide bonds. The molecule has 0 saturated heterocycles. The number of carbonyl (C=O) groups is 1. The zero-order valence-electron chi connectivity index (χ0n) is 19.3. The normalized spacial score (nSPS) is 10.8. The highest BCUT2D eigenvalue weighted by molar-refractivity contribution is 6.35. The summed E-state index contributed by atoms with van der Waals surface area (Å²) in [5.41, 5.74) is 3.24. The van der Waals surface area contributed by atoms with Gasteiger partial charge in [-0.15, -0.1) is 0 Å². The third kappa shape index (κ3) is 7.45. The van der Waals surface area contributed by atoms with E-state index < -0.39 is 0 Å². The quantitative estimate of drug-likeness (QED) is 0.285. The molecule has 0 radical (unpaired) electrons. The maximum Gasteiger partial charge on any atom is 0.224 e. The Morgan fingerprint density at radius 1 is 0.912 bits per heavy atom. The minimum atomic E-state index is -0.00425. The van der Waals surface area contributed by atoms with Gasteiger partial charge >= 0.3 is 0 Å². The average Bonchev–Trinajstić information content (AvgIpc) is 2.77. The number of carbonyl (C=O) groups excluding carboxylic acids is 1. The Bertz CT molecular complexity index is 1150. The molecule has 0 heterocycles. The smallest absolute Gasteiger partial charge is 0.224 e. The summed E-state index contributed by atoms with van der Waals surface area (Å²) in [5, 5.41) is 7.89. The average molecular weight is 522 g/mol. The van der Waals surface area contributed by atoms with Crippen molar-refractivity contribution in [1.29, 1.82) is 0 Å². The Balaban J connectivity index is 1.66. The molecule has 0 unspecified atom stereocenters. The summed E-state index contributed by atoms with van der Waals surface area (Å²) in [6.07, 6.45) is 0.478. The predicted molar refractivity (Wildman–Crippen MR) is 141 cm³/mol. The van der Waals surface area contributed by atoms with Crippen LogP contribution in [0.2, 0.25) is 15.1 Å². The number of benzene rings is 3. The van der Waals surface area contributed by atoms with Gasteiger partial charge in [-0.25, -0.2) is 0 Å². The lowest BCUT2D eigenvalue weighted by molar-refractivity contribution is -0.116. The number of hydrogen-bond donors (Lipinski definition) is 2. The highest BCUT2D eigenvalue weighted by Crippen LogP contribution is 2.35. The Morgan fingerprint density at radius 2 is 1.65 bits per heavy atom. The number of halogens is 3. The van der Waals surface area contributed by atoms with Crippen molar-refractivity contribution < 1.29 is 14.3 Å². The number of amides is 1. The lowest BCUT2D eigenvalue weighted by atomic mass is 10.1. The van der Waals surface area contributed by atoms with Crippen LogP contribution in [0.5, 0.6) is 11.5 Å². The van der Waals surface area contributed by atoms with Gasteiger partial charge < -0.3 is 20.1 Å². The van der Waals surface area contributed by atoms with Crippen LogP contribution in [0.15, 0.2) is 54.6 Å². The molecule has 0 fully saturated rings. The molecule has 0 aliphatic heterocycles. The monoisotopic (exact) mass is 520 g/mol. The molecule has 0 bridgehead atoms. The third-order valence-electron chi connectivity index (χ3n) is 4.95. The van der Waals surface area contributed by atoms with Crippen LogP contribution in [0, 0.1) is 5.92 Å². The van der Waals surface area contributed by atoms with Crippen LogP contribution in [0.4, 0.5) is 11.4 Å². The SMILES string of the molecule is COc1cc(CNc2cccc(NC(=O)CC(C)C)c2)c(Cl)cc1OCc1ccc(Cl)cc1Cl. The largest absolute Gasteiger partial charge is 0.493 e. The number of rotatable bonds is 10. The van der Waals surface area contributed by atoms with Gasteiger partial charge in [0.15, 0.2) is 11.5 Å². The summed E-state index contributed by atoms with van der Waals surface area (Å²) < 4.78 is 11.4. The summed E-state index contributed by atoms with van der Waals surface area (Å²) in [5.74, 6) is 1.36. The van der Waals surface area contributed by atoms with Crippen LogP contribution < -0.4 is 20.1 Å². The molecule has 3 aromatic carbocycles. The van der Waals surface area contributed by atoms with Crippen LogP contribution in [0.1, 0.15) is 31.4 Å². The first-order valence-electron chi connectivity index (χ1n) is 10.8. The molecule has 0 atom stereocenters. The Labute approximate surface area is 215 Å². The van der Waals surface area contributed by atoms with Crippen molar-refractivity contribution in [3.05, 3.63) is 80.8 Å². The zero-order chi connectivity index (χ0) is 24.7. The minimum absolute atomic E-state index is 0.00425. The van der Waals surface area contributed by atoms with Crippen LogP contribution >= 0.6 is 34.8 Å². The molecule has 5 nitrogen and oxygen atoms in total. The van der Waals surface area contributed by atoms with Gasteiger partial charge in [-0.05, 0) is 47.9 Å². The highest BCUT2D eigenvalue weighted by atomic mass is 35.5. The topological polar surface area (TPSA) is 59.6 Å². The van der Waals surface area contributed by atoms with Crippen molar-refractivity contribution in [2.75, 3.05) is 17.7 Å². The summed E-state index contributed by atoms with van der Waals surface area (Å²) >= 11 is 18.7. The number of ether oxygens (including phenoxy) is 2. The lowest BCUT2D eigenvalue weighted by Gasteiger charge is -2.15. The van der Waals surface area contributed by atoms with Gasteiger partial charge in [0.25, 0.3) is 0 Å². The molecule has 34 heavy (non-hydrogen) atoms. The van der Waals surface area contributed by atoms with Crippen molar-refractivity contribution in [2.24, 2.45) is 5.92 Å². The number of methoxy groups -OCH3 is 1. The van der Waals surface area contributed by atoms with Crippen LogP contribution in [-0.4, -0.2) is 13.0 Å². The molecule has 0 spiro atoms. The van der Waals surface area contributed by atoms with Crippen molar-refractivity contribution >= 4 is 52.1 Å². The zero-order valence-corrected chi connectivity index (χ0v) is 21.5. The van der Waals surface area contributed by atoms with Gasteiger partial charge in [-0.2, -0.15) is 0 Å². The first kappa shape index (κ1) is 26.0. The van der Waals surface area contributed by atoms with Crippen molar-refractivity contribution in [3.8, 4) is 11.5 Å². The van der Waals surface area contributed by atoms with Gasteiger partial charge in [0.1, 0.15) is 6.61 Å². The molecule has 3 rings (SSSR count). The first-order chi connectivity index (χ1) is 16.2. The summed E-state index contributed by atoms with van der Waals surface area (Å²) in [6, 6.07) is 16.4. The summed E-state index contributed by atoms with van der Waals surface area (Å²) in [4.78, 5) is 12.1. The van der Waals surface area contributed by atoms with Gasteiger partial charge in [-0.1, -0.05) is 60.8 Å². The van der Waals surface area contributed by atoms with E-state index in [1.165, 1.54) is 0 Å². The lowest BCUT2D eigenvalue weighted by Crippen LogP contribution is -2.13. The Kier molecular flexibility index (Phi) is 9.34. The van der Waals surface area contributed by atoms with E-state index in [9.17, 15) is 4.79 Å². The number of nitrogens with one attached hydrogen (secondary N) is 2. The maximum absolute atomic E-state index is 12.1. The van der Waals surface area contributed by atoms with Crippen LogP contribution in [0.25, 0.3) is 0 Å². The molecule has 2 N–H and O–H groups in total. The molecule has 3 aromatic rings. The van der Waals surface area contributed by atoms with E-state index in [-0.39, 0.29) is 12.5 Å². The van der Waals surface area contributed by atoms with E-state index in [2.05, 4.69) is 10.6 Å². The van der Waals surface area contributed by atoms with Crippen molar-refractivity contribution in [2.45, 2.75) is 33.4 Å². The molecule has 0 aromatic heterocycles. The second-order valence-electron chi connectivity index (χ2n) is 8.20. The fraction of sp³-hybridized carbons (Fsp3) is 0.269. The van der Waals surface area contributed by atoms with Crippen molar-refractivity contribution in [3.63, 3.8) is 0 Å². The highest BCUT2D eigenvalue weighted by Gasteiger charge is 2.12.